The number of amides is 1. The predicted octanol–water partition coefficient (Wildman–Crippen LogP) is 5.01. The van der Waals surface area contributed by atoms with Crippen LogP contribution in [0.1, 0.15) is 10.4 Å². The first-order chi connectivity index (χ1) is 12.0. The molecule has 0 atom stereocenters. The summed E-state index contributed by atoms with van der Waals surface area (Å²) in [6.07, 6.45) is 2.82. The number of aromatic nitrogens is 1. The molecule has 1 aromatic heterocycles. The van der Waals surface area contributed by atoms with Crippen molar-refractivity contribution in [3.63, 3.8) is 0 Å². The molecule has 2 aromatic carbocycles. The van der Waals surface area contributed by atoms with Crippen LogP contribution in [0.15, 0.2) is 60.9 Å². The Labute approximate surface area is 147 Å². The number of nitrogens with zero attached hydrogens (tertiary/aromatic N) is 1. The van der Waals surface area contributed by atoms with Crippen LogP contribution in [0.5, 0.6) is 0 Å². The Morgan fingerprint density at radius 3 is 2.44 bits per heavy atom. The van der Waals surface area contributed by atoms with Gasteiger partial charge in [-0.1, -0.05) is 11.6 Å². The van der Waals surface area contributed by atoms with Crippen LogP contribution in [0.2, 0.25) is 5.02 Å². The third-order valence-electron chi connectivity index (χ3n) is 3.31. The SMILES string of the molecule is O=C(Nc1ccc(Cl)cc1)c1cncc(Nc2ccc(F)cc2F)c1. The highest BCUT2D eigenvalue weighted by Gasteiger charge is 2.09. The maximum Gasteiger partial charge on any atom is 0.257 e. The van der Waals surface area contributed by atoms with Gasteiger partial charge in [-0.15, -0.1) is 0 Å². The van der Waals surface area contributed by atoms with Crippen molar-refractivity contribution in [2.75, 3.05) is 10.6 Å². The molecule has 4 nitrogen and oxygen atoms in total. The van der Waals surface area contributed by atoms with Crippen molar-refractivity contribution in [2.24, 2.45) is 0 Å². The van der Waals surface area contributed by atoms with E-state index < -0.39 is 11.6 Å². The van der Waals surface area contributed by atoms with E-state index in [1.807, 2.05) is 0 Å². The first-order valence-electron chi connectivity index (χ1n) is 7.25. The first kappa shape index (κ1) is 16.9. The number of carbonyl (C=O) groups is 1. The molecule has 0 unspecified atom stereocenters. The van der Waals surface area contributed by atoms with E-state index in [0.29, 0.717) is 16.4 Å². The molecule has 3 aromatic rings. The number of nitrogens with one attached hydrogen (secondary N) is 2. The lowest BCUT2D eigenvalue weighted by atomic mass is 10.2. The molecular weight excluding hydrogens is 348 g/mol. The zero-order valence-electron chi connectivity index (χ0n) is 12.8. The molecule has 1 amide bonds. The van der Waals surface area contributed by atoms with Crippen LogP contribution in [0.25, 0.3) is 0 Å². The van der Waals surface area contributed by atoms with Crippen molar-refractivity contribution in [3.05, 3.63) is 83.1 Å². The van der Waals surface area contributed by atoms with Gasteiger partial charge >= 0.3 is 0 Å². The number of halogens is 3. The quantitative estimate of drug-likeness (QED) is 0.688. The Bertz CT molecular complexity index is 916. The molecule has 0 aliphatic rings. The number of hydrogen-bond donors (Lipinski definition) is 2. The predicted molar refractivity (Wildman–Crippen MR) is 93.3 cm³/mol. The minimum atomic E-state index is -0.740. The van der Waals surface area contributed by atoms with Gasteiger partial charge in [-0.2, -0.15) is 0 Å². The number of hydrogen-bond acceptors (Lipinski definition) is 3. The summed E-state index contributed by atoms with van der Waals surface area (Å²) in [6, 6.07) is 11.3. The van der Waals surface area contributed by atoms with Crippen molar-refractivity contribution in [1.82, 2.24) is 4.98 Å². The summed E-state index contributed by atoms with van der Waals surface area (Å²) in [5, 5.41) is 6.03. The highest BCUT2D eigenvalue weighted by molar-refractivity contribution is 6.30. The fraction of sp³-hybridized carbons (Fsp3) is 0. The fourth-order valence-electron chi connectivity index (χ4n) is 2.12. The topological polar surface area (TPSA) is 54.0 Å². The number of anilines is 3. The lowest BCUT2D eigenvalue weighted by Gasteiger charge is -2.09. The molecule has 0 saturated carbocycles. The summed E-state index contributed by atoms with van der Waals surface area (Å²) < 4.78 is 26.6. The minimum absolute atomic E-state index is 0.0819. The van der Waals surface area contributed by atoms with Gasteiger partial charge in [0.15, 0.2) is 0 Å². The van der Waals surface area contributed by atoms with Gasteiger partial charge in [-0.3, -0.25) is 9.78 Å². The summed E-state index contributed by atoms with van der Waals surface area (Å²) in [6.45, 7) is 0. The Hall–Kier alpha value is -2.99. The molecule has 0 aliphatic heterocycles. The summed E-state index contributed by atoms with van der Waals surface area (Å²) in [4.78, 5) is 16.2. The van der Waals surface area contributed by atoms with Gasteiger partial charge in [0.2, 0.25) is 0 Å². The third kappa shape index (κ3) is 4.30. The van der Waals surface area contributed by atoms with E-state index in [1.54, 1.807) is 24.3 Å². The second kappa shape index (κ2) is 7.27. The Morgan fingerprint density at radius 2 is 1.72 bits per heavy atom. The van der Waals surface area contributed by atoms with Crippen molar-refractivity contribution >= 4 is 34.6 Å². The number of benzene rings is 2. The molecule has 0 saturated heterocycles. The zero-order valence-corrected chi connectivity index (χ0v) is 13.5. The average Bonchev–Trinajstić information content (AvgIpc) is 2.60. The first-order valence-corrected chi connectivity index (χ1v) is 7.63. The van der Waals surface area contributed by atoms with E-state index in [4.69, 9.17) is 11.6 Å². The maximum atomic E-state index is 13.7. The summed E-state index contributed by atoms with van der Waals surface area (Å²) in [5.41, 5.74) is 1.34. The largest absolute Gasteiger partial charge is 0.352 e. The number of carbonyl (C=O) groups excluding carboxylic acids is 1. The van der Waals surface area contributed by atoms with Crippen LogP contribution >= 0.6 is 11.6 Å². The van der Waals surface area contributed by atoms with Gasteiger partial charge in [0, 0.05) is 23.0 Å². The Balaban J connectivity index is 1.76. The van der Waals surface area contributed by atoms with E-state index >= 15 is 0 Å². The summed E-state index contributed by atoms with van der Waals surface area (Å²) in [5.74, 6) is -1.79. The van der Waals surface area contributed by atoms with E-state index in [1.165, 1.54) is 24.5 Å². The monoisotopic (exact) mass is 359 g/mol. The van der Waals surface area contributed by atoms with Crippen LogP contribution in [-0.2, 0) is 0 Å². The average molecular weight is 360 g/mol. The molecule has 126 valence electrons. The molecule has 0 radical (unpaired) electrons. The standard InChI is InChI=1S/C18H12ClF2N3O/c19-12-1-4-14(5-2-12)24-18(25)11-7-15(10-22-9-11)23-17-6-3-13(20)8-16(17)21/h1-10,23H,(H,24,25). The second-order valence-electron chi connectivity index (χ2n) is 5.17. The van der Waals surface area contributed by atoms with Gasteiger partial charge < -0.3 is 10.6 Å². The molecule has 0 fully saturated rings. The van der Waals surface area contributed by atoms with Crippen molar-refractivity contribution in [2.45, 2.75) is 0 Å². The van der Waals surface area contributed by atoms with E-state index in [-0.39, 0.29) is 17.2 Å². The lowest BCUT2D eigenvalue weighted by molar-refractivity contribution is 0.102. The van der Waals surface area contributed by atoms with Crippen LogP contribution in [0.3, 0.4) is 0 Å². The molecule has 7 heteroatoms. The van der Waals surface area contributed by atoms with Crippen LogP contribution in [-0.4, -0.2) is 10.9 Å². The highest BCUT2D eigenvalue weighted by atomic mass is 35.5. The van der Waals surface area contributed by atoms with E-state index in [9.17, 15) is 13.6 Å². The Morgan fingerprint density at radius 1 is 0.960 bits per heavy atom. The highest BCUT2D eigenvalue weighted by Crippen LogP contribution is 2.21. The van der Waals surface area contributed by atoms with Crippen LogP contribution < -0.4 is 10.6 Å². The van der Waals surface area contributed by atoms with E-state index in [2.05, 4.69) is 15.6 Å². The number of rotatable bonds is 4. The van der Waals surface area contributed by atoms with Crippen LogP contribution in [0, 0.1) is 11.6 Å². The van der Waals surface area contributed by atoms with E-state index in [0.717, 1.165) is 12.1 Å². The van der Waals surface area contributed by atoms with Crippen molar-refractivity contribution in [1.29, 1.82) is 0 Å². The summed E-state index contributed by atoms with van der Waals surface area (Å²) in [7, 11) is 0. The molecule has 25 heavy (non-hydrogen) atoms. The fourth-order valence-corrected chi connectivity index (χ4v) is 2.24. The van der Waals surface area contributed by atoms with Crippen LogP contribution in [0.4, 0.5) is 25.8 Å². The normalized spacial score (nSPS) is 10.4. The molecule has 0 spiro atoms. The molecular formula is C18H12ClF2N3O. The molecule has 2 N–H and O–H groups in total. The second-order valence-corrected chi connectivity index (χ2v) is 5.61. The van der Waals surface area contributed by atoms with Gasteiger partial charge in [-0.05, 0) is 42.5 Å². The molecule has 0 aliphatic carbocycles. The van der Waals surface area contributed by atoms with Gasteiger partial charge in [-0.25, -0.2) is 8.78 Å². The van der Waals surface area contributed by atoms with Crippen molar-refractivity contribution in [3.8, 4) is 0 Å². The third-order valence-corrected chi connectivity index (χ3v) is 3.56. The van der Waals surface area contributed by atoms with Gasteiger partial charge in [0.1, 0.15) is 11.6 Å². The Kier molecular flexibility index (Phi) is 4.90. The lowest BCUT2D eigenvalue weighted by Crippen LogP contribution is -2.12. The van der Waals surface area contributed by atoms with Gasteiger partial charge in [0.05, 0.1) is 23.1 Å². The minimum Gasteiger partial charge on any atom is -0.352 e. The molecule has 1 heterocycles. The van der Waals surface area contributed by atoms with Crippen molar-refractivity contribution < 1.29 is 13.6 Å². The summed E-state index contributed by atoms with van der Waals surface area (Å²) >= 11 is 5.80. The molecule has 0 bridgehead atoms. The molecule has 3 rings (SSSR count). The number of pyridine rings is 1. The zero-order chi connectivity index (χ0) is 17.8. The van der Waals surface area contributed by atoms with Gasteiger partial charge in [0.25, 0.3) is 5.91 Å². The smallest absolute Gasteiger partial charge is 0.257 e. The maximum absolute atomic E-state index is 13.7.